The first-order chi connectivity index (χ1) is 9.33. The van der Waals surface area contributed by atoms with Gasteiger partial charge < -0.3 is 5.11 Å². The highest BCUT2D eigenvalue weighted by Gasteiger charge is 2.40. The first-order valence-corrected chi connectivity index (χ1v) is 7.59. The molecule has 108 valence electrons. The molecular formula is C13H14FNO4S. The van der Waals surface area contributed by atoms with Gasteiger partial charge in [-0.25, -0.2) is 17.6 Å². The normalized spacial score (nSPS) is 20.4. The number of rotatable bonds is 4. The summed E-state index contributed by atoms with van der Waals surface area (Å²) in [5.74, 6) is -2.60. The third-order valence-corrected chi connectivity index (χ3v) is 5.07. The molecule has 0 aliphatic carbocycles. The van der Waals surface area contributed by atoms with E-state index >= 15 is 0 Å². The van der Waals surface area contributed by atoms with E-state index in [0.29, 0.717) is 5.56 Å². The van der Waals surface area contributed by atoms with Gasteiger partial charge in [0.2, 0.25) is 10.0 Å². The predicted octanol–water partition coefficient (Wildman–Crippen LogP) is 1.53. The van der Waals surface area contributed by atoms with Crippen LogP contribution in [-0.4, -0.2) is 36.4 Å². The molecule has 0 saturated carbocycles. The maximum Gasteiger partial charge on any atom is 0.335 e. The van der Waals surface area contributed by atoms with Crippen LogP contribution in [0.2, 0.25) is 0 Å². The summed E-state index contributed by atoms with van der Waals surface area (Å²) in [6.07, 6.45) is 0. The highest BCUT2D eigenvalue weighted by molar-refractivity contribution is 7.88. The molecule has 1 heterocycles. The summed E-state index contributed by atoms with van der Waals surface area (Å²) in [7, 11) is -3.77. The number of hydrogen-bond acceptors (Lipinski definition) is 3. The zero-order valence-corrected chi connectivity index (χ0v) is 11.6. The number of benzene rings is 1. The second-order valence-corrected chi connectivity index (χ2v) is 6.51. The zero-order valence-electron chi connectivity index (χ0n) is 10.8. The average Bonchev–Trinajstić information content (AvgIpc) is 2.66. The van der Waals surface area contributed by atoms with E-state index in [1.54, 1.807) is 30.3 Å². The van der Waals surface area contributed by atoms with Crippen molar-refractivity contribution in [2.24, 2.45) is 0 Å². The van der Waals surface area contributed by atoms with Crippen LogP contribution in [0.3, 0.4) is 0 Å². The van der Waals surface area contributed by atoms with Crippen LogP contribution in [0.25, 0.3) is 0 Å². The largest absolute Gasteiger partial charge is 0.478 e. The number of carboxylic acids is 1. The zero-order chi connectivity index (χ0) is 14.9. The Balaban J connectivity index is 2.23. The van der Waals surface area contributed by atoms with Gasteiger partial charge in [-0.2, -0.15) is 4.31 Å². The smallest absolute Gasteiger partial charge is 0.335 e. The van der Waals surface area contributed by atoms with Gasteiger partial charge in [0.05, 0.1) is 23.9 Å². The van der Waals surface area contributed by atoms with Crippen molar-refractivity contribution < 1.29 is 22.7 Å². The summed E-state index contributed by atoms with van der Waals surface area (Å²) in [5, 5.41) is 8.91. The molecule has 1 atom stereocenters. The third-order valence-electron chi connectivity index (χ3n) is 3.22. The van der Waals surface area contributed by atoms with Crippen molar-refractivity contribution in [3.8, 4) is 0 Å². The topological polar surface area (TPSA) is 74.7 Å². The van der Waals surface area contributed by atoms with E-state index < -0.39 is 40.0 Å². The molecule has 0 fully saturated rings. The van der Waals surface area contributed by atoms with Crippen molar-refractivity contribution in [1.29, 1.82) is 0 Å². The van der Waals surface area contributed by atoms with Gasteiger partial charge in [-0.05, 0) is 12.5 Å². The first-order valence-electron chi connectivity index (χ1n) is 5.98. The SMILES string of the molecule is CC1C(C(=O)O)=C(F)CN1S(=O)(=O)Cc1ccccc1. The number of carbonyl (C=O) groups is 1. The standard InChI is InChI=1S/C13H14FNO4S/c1-9-12(13(16)17)11(14)7-15(9)20(18,19)8-10-5-3-2-4-6-10/h2-6,9H,7-8H2,1H3,(H,16,17). The van der Waals surface area contributed by atoms with E-state index in [-0.39, 0.29) is 5.75 Å². The van der Waals surface area contributed by atoms with Gasteiger partial charge in [-0.3, -0.25) is 0 Å². The van der Waals surface area contributed by atoms with Crippen molar-refractivity contribution in [2.45, 2.75) is 18.7 Å². The molecule has 1 N–H and O–H groups in total. The van der Waals surface area contributed by atoms with Crippen molar-refractivity contribution >= 4 is 16.0 Å². The Labute approximate surface area is 116 Å². The predicted molar refractivity (Wildman–Crippen MR) is 71.0 cm³/mol. The highest BCUT2D eigenvalue weighted by Crippen LogP contribution is 2.29. The third kappa shape index (κ3) is 2.73. The second kappa shape index (κ2) is 5.34. The van der Waals surface area contributed by atoms with E-state index in [1.807, 2.05) is 0 Å². The van der Waals surface area contributed by atoms with Crippen molar-refractivity contribution in [3.63, 3.8) is 0 Å². The quantitative estimate of drug-likeness (QED) is 0.915. The fourth-order valence-corrected chi connectivity index (χ4v) is 3.91. The van der Waals surface area contributed by atoms with Crippen LogP contribution in [0.4, 0.5) is 4.39 Å². The monoisotopic (exact) mass is 299 g/mol. The molecule has 1 aromatic carbocycles. The number of carboxylic acid groups (broad SMARTS) is 1. The number of aliphatic carboxylic acids is 1. The molecule has 0 saturated heterocycles. The van der Waals surface area contributed by atoms with E-state index in [0.717, 1.165) is 4.31 Å². The lowest BCUT2D eigenvalue weighted by Gasteiger charge is -2.21. The summed E-state index contributed by atoms with van der Waals surface area (Å²) < 4.78 is 39.0. The Morgan fingerprint density at radius 1 is 1.40 bits per heavy atom. The summed E-state index contributed by atoms with van der Waals surface area (Å²) in [5.41, 5.74) is 0.0884. The van der Waals surface area contributed by atoms with Crippen molar-refractivity contribution in [1.82, 2.24) is 4.31 Å². The van der Waals surface area contributed by atoms with Crippen LogP contribution in [0.1, 0.15) is 12.5 Å². The fraction of sp³-hybridized carbons (Fsp3) is 0.308. The molecule has 0 radical (unpaired) electrons. The van der Waals surface area contributed by atoms with E-state index in [4.69, 9.17) is 5.11 Å². The van der Waals surface area contributed by atoms with Crippen LogP contribution in [0.5, 0.6) is 0 Å². The molecule has 0 bridgehead atoms. The summed E-state index contributed by atoms with van der Waals surface area (Å²) >= 11 is 0. The molecule has 1 aliphatic rings. The number of halogens is 1. The highest BCUT2D eigenvalue weighted by atomic mass is 32.2. The van der Waals surface area contributed by atoms with Crippen LogP contribution in [0, 0.1) is 0 Å². The Morgan fingerprint density at radius 3 is 2.50 bits per heavy atom. The lowest BCUT2D eigenvalue weighted by Crippen LogP contribution is -2.37. The molecule has 5 nitrogen and oxygen atoms in total. The minimum absolute atomic E-state index is 0.279. The minimum atomic E-state index is -3.77. The summed E-state index contributed by atoms with van der Waals surface area (Å²) in [6.45, 7) is 0.858. The van der Waals surface area contributed by atoms with Crippen LogP contribution in [0.15, 0.2) is 41.7 Å². The van der Waals surface area contributed by atoms with Crippen LogP contribution < -0.4 is 0 Å². The first kappa shape index (κ1) is 14.7. The lowest BCUT2D eigenvalue weighted by molar-refractivity contribution is -0.133. The van der Waals surface area contributed by atoms with E-state index in [2.05, 4.69) is 0 Å². The van der Waals surface area contributed by atoms with E-state index in [1.165, 1.54) is 6.92 Å². The molecular weight excluding hydrogens is 285 g/mol. The van der Waals surface area contributed by atoms with Gasteiger partial charge in [0, 0.05) is 0 Å². The maximum absolute atomic E-state index is 13.6. The second-order valence-electron chi connectivity index (χ2n) is 4.59. The molecule has 1 aliphatic heterocycles. The van der Waals surface area contributed by atoms with Crippen LogP contribution >= 0.6 is 0 Å². The van der Waals surface area contributed by atoms with Gasteiger partial charge in [-0.15, -0.1) is 0 Å². The van der Waals surface area contributed by atoms with Crippen molar-refractivity contribution in [3.05, 3.63) is 47.3 Å². The summed E-state index contributed by atoms with van der Waals surface area (Å²) in [6, 6.07) is 7.49. The van der Waals surface area contributed by atoms with E-state index in [9.17, 15) is 17.6 Å². The van der Waals surface area contributed by atoms with Gasteiger partial charge in [0.15, 0.2) is 0 Å². The fourth-order valence-electron chi connectivity index (χ4n) is 2.23. The van der Waals surface area contributed by atoms with Gasteiger partial charge in [-0.1, -0.05) is 30.3 Å². The Hall–Kier alpha value is -1.73. The van der Waals surface area contributed by atoms with Crippen LogP contribution in [-0.2, 0) is 20.6 Å². The molecule has 0 aromatic heterocycles. The average molecular weight is 299 g/mol. The van der Waals surface area contributed by atoms with Gasteiger partial charge >= 0.3 is 5.97 Å². The minimum Gasteiger partial charge on any atom is -0.478 e. The number of nitrogens with zero attached hydrogens (tertiary/aromatic N) is 1. The summed E-state index contributed by atoms with van der Waals surface area (Å²) in [4.78, 5) is 10.9. The maximum atomic E-state index is 13.6. The molecule has 20 heavy (non-hydrogen) atoms. The molecule has 2 rings (SSSR count). The number of sulfonamides is 1. The Morgan fingerprint density at radius 2 is 2.00 bits per heavy atom. The Bertz CT molecular complexity index is 654. The lowest BCUT2D eigenvalue weighted by atomic mass is 10.1. The number of hydrogen-bond donors (Lipinski definition) is 1. The van der Waals surface area contributed by atoms with Crippen molar-refractivity contribution in [2.75, 3.05) is 6.54 Å². The molecule has 1 aromatic rings. The molecule has 7 heteroatoms. The molecule has 1 unspecified atom stereocenters. The molecule has 0 amide bonds. The molecule has 0 spiro atoms. The Kier molecular flexibility index (Phi) is 3.92. The van der Waals surface area contributed by atoms with Gasteiger partial charge in [0.1, 0.15) is 5.83 Å². The van der Waals surface area contributed by atoms with Gasteiger partial charge in [0.25, 0.3) is 0 Å².